The van der Waals surface area contributed by atoms with E-state index in [1.807, 2.05) is 0 Å². The number of carboxylic acids is 2. The third kappa shape index (κ3) is 11.2. The maximum absolute atomic E-state index is 12.6. The molecule has 32 heavy (non-hydrogen) atoms. The van der Waals surface area contributed by atoms with E-state index >= 15 is 0 Å². The fraction of sp³-hybridized carbons (Fsp3) is 0.667. The van der Waals surface area contributed by atoms with Crippen LogP contribution in [-0.2, 0) is 28.8 Å². The minimum atomic E-state index is -1.57. The summed E-state index contributed by atoms with van der Waals surface area (Å²) in [5, 5.41) is 33.9. The Labute approximate surface area is 184 Å². The number of amides is 4. The Morgan fingerprint density at radius 2 is 1.34 bits per heavy atom. The quantitative estimate of drug-likeness (QED) is 0.120. The number of nitrogens with one attached hydrogen (secondary N) is 3. The fourth-order valence-corrected chi connectivity index (χ4v) is 2.56. The molecule has 0 aromatic carbocycles. The molecule has 0 aliphatic heterocycles. The van der Waals surface area contributed by atoms with Crippen LogP contribution in [-0.4, -0.2) is 81.7 Å². The molecule has 0 aliphatic rings. The molecule has 14 nitrogen and oxygen atoms in total. The van der Waals surface area contributed by atoms with Crippen molar-refractivity contribution in [3.8, 4) is 0 Å². The number of aliphatic hydroxyl groups excluding tert-OH is 1. The van der Waals surface area contributed by atoms with Crippen LogP contribution in [0.25, 0.3) is 0 Å². The first-order chi connectivity index (χ1) is 14.8. The third-order valence-corrected chi connectivity index (χ3v) is 4.17. The topological polar surface area (TPSA) is 251 Å². The van der Waals surface area contributed by atoms with Crippen molar-refractivity contribution in [2.75, 3.05) is 6.61 Å². The predicted octanol–water partition coefficient (Wildman–Crippen LogP) is -3.37. The molecular weight excluding hydrogens is 430 g/mol. The first-order valence-corrected chi connectivity index (χ1v) is 9.78. The number of aliphatic hydroxyl groups is 1. The number of nitrogens with two attached hydrogens (primary N) is 2. The molecule has 0 aliphatic carbocycles. The van der Waals surface area contributed by atoms with Gasteiger partial charge in [-0.25, -0.2) is 4.79 Å². The summed E-state index contributed by atoms with van der Waals surface area (Å²) in [6.45, 7) is 2.62. The molecule has 0 spiro atoms. The standard InChI is InChI=1S/C18H31N5O9/c1-8(2)5-11(22-15(28)9(19)6-13(20)25)16(29)23-12(7-24)17(30)21-10(18(31)32)3-4-14(26)27/h8-12,24H,3-7,19H2,1-2H3,(H2,20,25)(H,21,30)(H,22,28)(H,23,29)(H,26,27)(H,31,32). The number of carboxylic acid groups (broad SMARTS) is 2. The van der Waals surface area contributed by atoms with Crippen LogP contribution in [0.2, 0.25) is 0 Å². The van der Waals surface area contributed by atoms with E-state index in [1.54, 1.807) is 13.8 Å². The molecule has 14 heteroatoms. The second-order valence-corrected chi connectivity index (χ2v) is 7.54. The van der Waals surface area contributed by atoms with Crippen molar-refractivity contribution < 1.29 is 44.1 Å². The largest absolute Gasteiger partial charge is 0.481 e. The minimum absolute atomic E-state index is 0.0905. The summed E-state index contributed by atoms with van der Waals surface area (Å²) in [7, 11) is 0. The van der Waals surface area contributed by atoms with E-state index in [0.717, 1.165) is 0 Å². The van der Waals surface area contributed by atoms with Crippen molar-refractivity contribution in [1.82, 2.24) is 16.0 Å². The number of primary amides is 1. The maximum atomic E-state index is 12.6. The van der Waals surface area contributed by atoms with E-state index < -0.39 is 85.6 Å². The lowest BCUT2D eigenvalue weighted by atomic mass is 10.0. The molecule has 182 valence electrons. The van der Waals surface area contributed by atoms with Gasteiger partial charge in [-0.3, -0.25) is 24.0 Å². The third-order valence-electron chi connectivity index (χ3n) is 4.17. The monoisotopic (exact) mass is 461 g/mol. The fourth-order valence-electron chi connectivity index (χ4n) is 2.56. The lowest BCUT2D eigenvalue weighted by Gasteiger charge is -2.25. The number of hydrogen-bond acceptors (Lipinski definition) is 8. The van der Waals surface area contributed by atoms with Gasteiger partial charge in [0.2, 0.25) is 23.6 Å². The van der Waals surface area contributed by atoms with Gasteiger partial charge in [0.05, 0.1) is 19.1 Å². The van der Waals surface area contributed by atoms with Crippen molar-refractivity contribution in [2.24, 2.45) is 17.4 Å². The smallest absolute Gasteiger partial charge is 0.326 e. The second kappa shape index (κ2) is 13.9. The van der Waals surface area contributed by atoms with Crippen molar-refractivity contribution in [3.63, 3.8) is 0 Å². The van der Waals surface area contributed by atoms with Crippen LogP contribution in [0.3, 0.4) is 0 Å². The van der Waals surface area contributed by atoms with E-state index in [0.29, 0.717) is 0 Å². The van der Waals surface area contributed by atoms with Crippen molar-refractivity contribution in [2.45, 2.75) is 63.7 Å². The van der Waals surface area contributed by atoms with Gasteiger partial charge in [0.15, 0.2) is 0 Å². The predicted molar refractivity (Wildman–Crippen MR) is 109 cm³/mol. The summed E-state index contributed by atoms with van der Waals surface area (Å²) in [5.74, 6) is -6.40. The molecule has 4 amide bonds. The molecule has 0 aromatic rings. The Hall–Kier alpha value is -3.26. The molecule has 0 rings (SSSR count). The highest BCUT2D eigenvalue weighted by atomic mass is 16.4. The van der Waals surface area contributed by atoms with Gasteiger partial charge in [-0.1, -0.05) is 13.8 Å². The van der Waals surface area contributed by atoms with Crippen molar-refractivity contribution >= 4 is 35.6 Å². The number of rotatable bonds is 15. The molecule has 4 atom stereocenters. The lowest BCUT2D eigenvalue weighted by Crippen LogP contribution is -2.58. The van der Waals surface area contributed by atoms with E-state index in [-0.39, 0.29) is 12.3 Å². The summed E-state index contributed by atoms with van der Waals surface area (Å²) in [5.41, 5.74) is 10.6. The van der Waals surface area contributed by atoms with Crippen molar-refractivity contribution in [3.05, 3.63) is 0 Å². The lowest BCUT2D eigenvalue weighted by molar-refractivity contribution is -0.143. The average molecular weight is 461 g/mol. The highest BCUT2D eigenvalue weighted by molar-refractivity contribution is 5.95. The molecule has 0 aromatic heterocycles. The van der Waals surface area contributed by atoms with Gasteiger partial charge in [-0.05, 0) is 18.8 Å². The average Bonchev–Trinajstić information content (AvgIpc) is 2.66. The van der Waals surface area contributed by atoms with Gasteiger partial charge in [0.1, 0.15) is 18.1 Å². The van der Waals surface area contributed by atoms with Crippen LogP contribution in [0.1, 0.15) is 39.5 Å². The summed E-state index contributed by atoms with van der Waals surface area (Å²) >= 11 is 0. The highest BCUT2D eigenvalue weighted by Crippen LogP contribution is 2.07. The summed E-state index contributed by atoms with van der Waals surface area (Å²) in [6.07, 6.45) is -1.26. The normalized spacial score (nSPS) is 14.5. The molecule has 0 saturated heterocycles. The summed E-state index contributed by atoms with van der Waals surface area (Å²) < 4.78 is 0. The molecule has 0 heterocycles. The Morgan fingerprint density at radius 1 is 0.844 bits per heavy atom. The Kier molecular flexibility index (Phi) is 12.5. The Balaban J connectivity index is 5.25. The van der Waals surface area contributed by atoms with E-state index in [1.165, 1.54) is 0 Å². The van der Waals surface area contributed by atoms with Crippen LogP contribution in [0.15, 0.2) is 0 Å². The molecule has 0 bridgehead atoms. The first kappa shape index (κ1) is 28.7. The maximum Gasteiger partial charge on any atom is 0.326 e. The number of hydrogen-bond donors (Lipinski definition) is 8. The van der Waals surface area contributed by atoms with Crippen LogP contribution < -0.4 is 27.4 Å². The van der Waals surface area contributed by atoms with Gasteiger partial charge in [0.25, 0.3) is 0 Å². The van der Waals surface area contributed by atoms with Crippen molar-refractivity contribution in [1.29, 1.82) is 0 Å². The van der Waals surface area contributed by atoms with Gasteiger partial charge in [0, 0.05) is 6.42 Å². The molecule has 0 fully saturated rings. The zero-order chi connectivity index (χ0) is 25.0. The van der Waals surface area contributed by atoms with Gasteiger partial charge in [-0.15, -0.1) is 0 Å². The molecule has 0 radical (unpaired) electrons. The number of carbonyl (C=O) groups is 6. The minimum Gasteiger partial charge on any atom is -0.481 e. The molecule has 10 N–H and O–H groups in total. The van der Waals surface area contributed by atoms with E-state index in [4.69, 9.17) is 21.7 Å². The second-order valence-electron chi connectivity index (χ2n) is 7.54. The van der Waals surface area contributed by atoms with Gasteiger partial charge in [-0.2, -0.15) is 0 Å². The molecular formula is C18H31N5O9. The van der Waals surface area contributed by atoms with E-state index in [9.17, 15) is 33.9 Å². The van der Waals surface area contributed by atoms with Crippen LogP contribution in [0, 0.1) is 5.92 Å². The Bertz CT molecular complexity index is 713. The number of aliphatic carboxylic acids is 2. The van der Waals surface area contributed by atoms with Crippen LogP contribution in [0.5, 0.6) is 0 Å². The van der Waals surface area contributed by atoms with E-state index in [2.05, 4.69) is 16.0 Å². The summed E-state index contributed by atoms with van der Waals surface area (Å²) in [4.78, 5) is 69.9. The van der Waals surface area contributed by atoms with Gasteiger partial charge >= 0.3 is 11.9 Å². The molecule has 4 unspecified atom stereocenters. The van der Waals surface area contributed by atoms with Crippen LogP contribution in [0.4, 0.5) is 0 Å². The molecule has 0 saturated carbocycles. The summed E-state index contributed by atoms with van der Waals surface area (Å²) in [6, 6.07) is -5.59. The number of carbonyl (C=O) groups excluding carboxylic acids is 4. The van der Waals surface area contributed by atoms with Gasteiger partial charge < -0.3 is 42.7 Å². The highest BCUT2D eigenvalue weighted by Gasteiger charge is 2.30. The zero-order valence-electron chi connectivity index (χ0n) is 17.9. The Morgan fingerprint density at radius 3 is 1.78 bits per heavy atom. The first-order valence-electron chi connectivity index (χ1n) is 9.78. The zero-order valence-corrected chi connectivity index (χ0v) is 17.9. The van der Waals surface area contributed by atoms with Crippen LogP contribution >= 0.6 is 0 Å². The SMILES string of the molecule is CC(C)CC(NC(=O)C(N)CC(N)=O)C(=O)NC(CO)C(=O)NC(CCC(=O)O)C(=O)O.